The van der Waals surface area contributed by atoms with Crippen LogP contribution in [-0.2, 0) is 11.5 Å². The number of fused-ring (bicyclic) bond motifs is 1. The van der Waals surface area contributed by atoms with E-state index in [-0.39, 0.29) is 31.4 Å². The Morgan fingerprint density at radius 1 is 1.36 bits per heavy atom. The van der Waals surface area contributed by atoms with Crippen molar-refractivity contribution < 1.29 is 14.6 Å². The Bertz CT molecular complexity index is 903. The molecule has 0 bridgehead atoms. The van der Waals surface area contributed by atoms with E-state index in [1.807, 2.05) is 31.2 Å². The van der Waals surface area contributed by atoms with Gasteiger partial charge in [0.25, 0.3) is 5.56 Å². The predicted molar refractivity (Wildman–Crippen MR) is 91.2 cm³/mol. The number of aromatic amines is 1. The van der Waals surface area contributed by atoms with Gasteiger partial charge in [0.15, 0.2) is 11.2 Å². The number of nitrogens with zero attached hydrogens (tertiary/aromatic N) is 3. The van der Waals surface area contributed by atoms with Gasteiger partial charge in [-0.15, -0.1) is 0 Å². The van der Waals surface area contributed by atoms with Gasteiger partial charge in [-0.3, -0.25) is 14.3 Å². The first-order valence-electron chi connectivity index (χ1n) is 7.69. The standard InChI is InChI=1S/C16H19N5O4/c1-10-2-4-11(5-3-10)24-7-12(6-22)25-9-21-8-18-13-14(21)19-16(17)20-15(13)23/h2-5,8,12,22H,6-7,9H2,1H3,(H3,17,19,20,23). The summed E-state index contributed by atoms with van der Waals surface area (Å²) in [4.78, 5) is 22.2. The summed E-state index contributed by atoms with van der Waals surface area (Å²) in [7, 11) is 0. The molecular weight excluding hydrogens is 326 g/mol. The molecule has 0 aliphatic heterocycles. The Labute approximate surface area is 143 Å². The Morgan fingerprint density at radius 2 is 2.12 bits per heavy atom. The second kappa shape index (κ2) is 7.32. The Hall–Kier alpha value is -2.91. The van der Waals surface area contributed by atoms with Gasteiger partial charge in [0.05, 0.1) is 12.9 Å². The third-order valence-corrected chi connectivity index (χ3v) is 3.60. The number of aryl methyl sites for hydroxylation is 1. The number of nitrogen functional groups attached to an aromatic ring is 1. The third-order valence-electron chi connectivity index (χ3n) is 3.60. The maximum Gasteiger partial charge on any atom is 0.280 e. The lowest BCUT2D eigenvalue weighted by Crippen LogP contribution is -2.26. The van der Waals surface area contributed by atoms with Gasteiger partial charge in [0.2, 0.25) is 5.95 Å². The van der Waals surface area contributed by atoms with Gasteiger partial charge in [-0.25, -0.2) is 4.98 Å². The molecule has 0 aliphatic rings. The van der Waals surface area contributed by atoms with Crippen LogP contribution in [0.3, 0.4) is 0 Å². The molecule has 1 unspecified atom stereocenters. The number of imidazole rings is 1. The number of hydrogen-bond donors (Lipinski definition) is 3. The van der Waals surface area contributed by atoms with Gasteiger partial charge in [-0.1, -0.05) is 17.7 Å². The van der Waals surface area contributed by atoms with Gasteiger partial charge >= 0.3 is 0 Å². The minimum absolute atomic E-state index is 0.000613. The van der Waals surface area contributed by atoms with Crippen LogP contribution < -0.4 is 16.0 Å². The van der Waals surface area contributed by atoms with E-state index in [1.54, 1.807) is 0 Å². The van der Waals surface area contributed by atoms with E-state index in [2.05, 4.69) is 15.0 Å². The molecule has 0 saturated carbocycles. The predicted octanol–water partition coefficient (Wildman–Crippen LogP) is 0.424. The number of ether oxygens (including phenoxy) is 2. The summed E-state index contributed by atoms with van der Waals surface area (Å²) < 4.78 is 12.8. The van der Waals surface area contributed by atoms with E-state index in [4.69, 9.17) is 15.2 Å². The van der Waals surface area contributed by atoms with Crippen LogP contribution in [0.4, 0.5) is 5.95 Å². The van der Waals surface area contributed by atoms with Crippen LogP contribution in [0.1, 0.15) is 5.56 Å². The van der Waals surface area contributed by atoms with Crippen molar-refractivity contribution in [2.24, 2.45) is 0 Å². The van der Waals surface area contributed by atoms with E-state index < -0.39 is 11.7 Å². The molecule has 0 amide bonds. The number of rotatable bonds is 7. The maximum absolute atomic E-state index is 11.7. The molecule has 3 rings (SSSR count). The molecule has 0 aliphatic carbocycles. The lowest BCUT2D eigenvalue weighted by Gasteiger charge is -2.17. The molecule has 1 aromatic carbocycles. The summed E-state index contributed by atoms with van der Waals surface area (Å²) in [6, 6.07) is 7.59. The van der Waals surface area contributed by atoms with Crippen molar-refractivity contribution in [1.29, 1.82) is 0 Å². The van der Waals surface area contributed by atoms with Crippen molar-refractivity contribution in [2.45, 2.75) is 19.8 Å². The second-order valence-corrected chi connectivity index (χ2v) is 5.56. The molecule has 9 heteroatoms. The van der Waals surface area contributed by atoms with Crippen molar-refractivity contribution in [2.75, 3.05) is 18.9 Å². The molecule has 9 nitrogen and oxygen atoms in total. The highest BCUT2D eigenvalue weighted by atomic mass is 16.5. The van der Waals surface area contributed by atoms with Crippen LogP contribution >= 0.6 is 0 Å². The summed E-state index contributed by atoms with van der Waals surface area (Å²) in [5.41, 5.74) is 6.76. The van der Waals surface area contributed by atoms with E-state index >= 15 is 0 Å². The van der Waals surface area contributed by atoms with Crippen LogP contribution in [-0.4, -0.2) is 43.9 Å². The zero-order valence-electron chi connectivity index (χ0n) is 13.7. The van der Waals surface area contributed by atoms with Crippen LogP contribution in [0, 0.1) is 6.92 Å². The van der Waals surface area contributed by atoms with Gasteiger partial charge < -0.3 is 20.3 Å². The summed E-state index contributed by atoms with van der Waals surface area (Å²) in [5.74, 6) is 0.697. The van der Waals surface area contributed by atoms with Crippen molar-refractivity contribution in [3.05, 3.63) is 46.5 Å². The number of aliphatic hydroxyl groups excluding tert-OH is 1. The van der Waals surface area contributed by atoms with Crippen LogP contribution in [0.15, 0.2) is 35.4 Å². The quantitative estimate of drug-likeness (QED) is 0.566. The molecule has 0 saturated heterocycles. The topological polar surface area (TPSA) is 128 Å². The first-order chi connectivity index (χ1) is 12.1. The van der Waals surface area contributed by atoms with Crippen LogP contribution in [0.2, 0.25) is 0 Å². The molecule has 2 aromatic heterocycles. The van der Waals surface area contributed by atoms with Crippen molar-refractivity contribution in [1.82, 2.24) is 19.5 Å². The molecule has 0 spiro atoms. The van der Waals surface area contributed by atoms with Gasteiger partial charge in [0.1, 0.15) is 25.2 Å². The molecule has 0 fully saturated rings. The molecule has 4 N–H and O–H groups in total. The summed E-state index contributed by atoms with van der Waals surface area (Å²) >= 11 is 0. The van der Waals surface area contributed by atoms with E-state index in [0.29, 0.717) is 11.4 Å². The summed E-state index contributed by atoms with van der Waals surface area (Å²) in [5, 5.41) is 9.46. The maximum atomic E-state index is 11.7. The molecule has 0 radical (unpaired) electrons. The molecule has 2 heterocycles. The van der Waals surface area contributed by atoms with Gasteiger partial charge in [-0.2, -0.15) is 4.98 Å². The number of hydrogen-bond acceptors (Lipinski definition) is 7. The molecule has 132 valence electrons. The zero-order chi connectivity index (χ0) is 17.8. The number of H-pyrrole nitrogens is 1. The Balaban J connectivity index is 1.63. The average Bonchev–Trinajstić information content (AvgIpc) is 3.00. The van der Waals surface area contributed by atoms with Crippen LogP contribution in [0.5, 0.6) is 5.75 Å². The van der Waals surface area contributed by atoms with Gasteiger partial charge in [-0.05, 0) is 19.1 Å². The first-order valence-corrected chi connectivity index (χ1v) is 7.69. The number of nitrogens with one attached hydrogen (secondary N) is 1. The first kappa shape index (κ1) is 16.9. The minimum Gasteiger partial charge on any atom is -0.491 e. The minimum atomic E-state index is -0.543. The smallest absolute Gasteiger partial charge is 0.280 e. The number of nitrogens with two attached hydrogens (primary N) is 1. The number of aliphatic hydroxyl groups is 1. The highest BCUT2D eigenvalue weighted by Gasteiger charge is 2.13. The van der Waals surface area contributed by atoms with E-state index in [9.17, 15) is 9.90 Å². The summed E-state index contributed by atoms with van der Waals surface area (Å²) in [6.07, 6.45) is 0.889. The molecule has 25 heavy (non-hydrogen) atoms. The monoisotopic (exact) mass is 345 g/mol. The molecular formula is C16H19N5O4. The van der Waals surface area contributed by atoms with Crippen LogP contribution in [0.25, 0.3) is 11.2 Å². The number of aromatic nitrogens is 4. The third kappa shape index (κ3) is 3.95. The number of anilines is 1. The largest absolute Gasteiger partial charge is 0.491 e. The van der Waals surface area contributed by atoms with Crippen molar-refractivity contribution >= 4 is 17.1 Å². The average molecular weight is 345 g/mol. The fourth-order valence-corrected chi connectivity index (χ4v) is 2.23. The van der Waals surface area contributed by atoms with Gasteiger partial charge in [0, 0.05) is 0 Å². The zero-order valence-corrected chi connectivity index (χ0v) is 13.7. The molecule has 3 aromatic rings. The summed E-state index contributed by atoms with van der Waals surface area (Å²) in [6.45, 7) is 2.01. The fourth-order valence-electron chi connectivity index (χ4n) is 2.23. The van der Waals surface area contributed by atoms with Crippen molar-refractivity contribution in [3.63, 3.8) is 0 Å². The normalized spacial score (nSPS) is 12.4. The molecule has 1 atom stereocenters. The van der Waals surface area contributed by atoms with Crippen molar-refractivity contribution in [3.8, 4) is 5.75 Å². The Morgan fingerprint density at radius 3 is 2.84 bits per heavy atom. The highest BCUT2D eigenvalue weighted by Crippen LogP contribution is 2.12. The highest BCUT2D eigenvalue weighted by molar-refractivity contribution is 5.70. The lowest BCUT2D eigenvalue weighted by atomic mass is 10.2. The second-order valence-electron chi connectivity index (χ2n) is 5.56. The lowest BCUT2D eigenvalue weighted by molar-refractivity contribution is -0.0437. The number of benzene rings is 1. The fraction of sp³-hybridized carbons (Fsp3) is 0.312. The van der Waals surface area contributed by atoms with E-state index in [0.717, 1.165) is 5.56 Å². The van der Waals surface area contributed by atoms with E-state index in [1.165, 1.54) is 10.9 Å². The Kier molecular flexibility index (Phi) is 4.96. The SMILES string of the molecule is Cc1ccc(OCC(CO)OCn2cnc3c(=O)[nH]c(N)nc32)cc1.